The predicted octanol–water partition coefficient (Wildman–Crippen LogP) is 0.538. The monoisotopic (exact) mass is 694 g/mol. The first-order valence-corrected chi connectivity index (χ1v) is 17.8. The normalized spacial score (nSPS) is 12.7. The number of likely N-dealkylation sites (N-methyl/N-ethyl adjacent to an activating group) is 2. The van der Waals surface area contributed by atoms with Gasteiger partial charge in [-0.15, -0.1) is 6.58 Å². The SMILES string of the molecule is C=C(C)C.CCCCCOC(C[N+](C)(C)C)OCC.CCCCCOC(C[N+](C)(C)C)OCC.O=P([O-])([O-])[O-].O=P([O-])([O-])[O-].[C+4]. The molecule has 0 aliphatic carbocycles. The van der Waals surface area contributed by atoms with Crippen molar-refractivity contribution in [1.82, 2.24) is 0 Å². The van der Waals surface area contributed by atoms with Crippen molar-refractivity contribution in [3.05, 3.63) is 19.6 Å². The maximum Gasteiger partial charge on any atom is 4.00 e. The molecule has 0 aromatic carbocycles. The fourth-order valence-electron chi connectivity index (χ4n) is 2.71. The van der Waals surface area contributed by atoms with Crippen LogP contribution in [0.1, 0.15) is 80.1 Å². The smallest absolute Gasteiger partial charge is 0.822 e. The van der Waals surface area contributed by atoms with Crippen molar-refractivity contribution in [3.8, 4) is 0 Å². The van der Waals surface area contributed by atoms with Crippen LogP contribution in [-0.4, -0.2) is 103 Å². The number of unbranched alkanes of at least 4 members (excludes halogenated alkanes) is 4. The van der Waals surface area contributed by atoms with Crippen molar-refractivity contribution >= 4 is 15.6 Å². The number of rotatable bonds is 18. The molecule has 2 atom stereocenters. The van der Waals surface area contributed by atoms with Gasteiger partial charge in [-0.3, -0.25) is 0 Å². The predicted molar refractivity (Wildman–Crippen MR) is 167 cm³/mol. The molecule has 0 amide bonds. The van der Waals surface area contributed by atoms with Gasteiger partial charge in [-0.2, -0.15) is 15.6 Å². The van der Waals surface area contributed by atoms with Crippen LogP contribution in [0.3, 0.4) is 0 Å². The molecule has 0 aliphatic heterocycles. The van der Waals surface area contributed by atoms with Gasteiger partial charge in [-0.05, 0) is 40.5 Å². The third-order valence-electron chi connectivity index (χ3n) is 4.20. The van der Waals surface area contributed by atoms with Crippen LogP contribution < -0.4 is 29.4 Å². The Morgan fingerprint density at radius 3 is 0.978 bits per heavy atom. The minimum atomic E-state index is -5.39. The van der Waals surface area contributed by atoms with Gasteiger partial charge in [0.25, 0.3) is 0 Å². The minimum Gasteiger partial charge on any atom is -0.822 e. The van der Waals surface area contributed by atoms with Crippen LogP contribution in [0.5, 0.6) is 0 Å². The number of hydrogen-bond donors (Lipinski definition) is 0. The van der Waals surface area contributed by atoms with E-state index in [0.717, 1.165) is 61.3 Å². The molecule has 45 heavy (non-hydrogen) atoms. The summed E-state index contributed by atoms with van der Waals surface area (Å²) in [6, 6.07) is 0. The van der Waals surface area contributed by atoms with Crippen LogP contribution in [-0.2, 0) is 28.1 Å². The van der Waals surface area contributed by atoms with E-state index >= 15 is 0 Å². The molecular weight excluding hydrogens is 630 g/mol. The molecule has 2 unspecified atom stereocenters. The first kappa shape index (κ1) is 57.0. The van der Waals surface area contributed by atoms with Crippen LogP contribution in [0.2, 0.25) is 0 Å². The third-order valence-corrected chi connectivity index (χ3v) is 4.20. The maximum atomic E-state index is 8.55. The van der Waals surface area contributed by atoms with Gasteiger partial charge in [0.2, 0.25) is 12.6 Å². The molecule has 14 nitrogen and oxygen atoms in total. The zero-order valence-corrected chi connectivity index (χ0v) is 31.8. The van der Waals surface area contributed by atoms with Crippen molar-refractivity contribution < 1.29 is 66.4 Å². The largest absolute Gasteiger partial charge is 4.00 e. The first-order valence-electron chi connectivity index (χ1n) is 14.9. The summed E-state index contributed by atoms with van der Waals surface area (Å²) in [5.74, 6) is 0. The second-order valence-corrected chi connectivity index (χ2v) is 13.8. The summed E-state index contributed by atoms with van der Waals surface area (Å²) in [4.78, 5) is 51.3. The van der Waals surface area contributed by atoms with Gasteiger partial charge in [0, 0.05) is 26.4 Å². The molecule has 0 bridgehead atoms. The van der Waals surface area contributed by atoms with E-state index in [1.165, 1.54) is 31.3 Å². The molecule has 0 aromatic rings. The van der Waals surface area contributed by atoms with Crippen LogP contribution >= 0.6 is 15.6 Å². The summed E-state index contributed by atoms with van der Waals surface area (Å²) in [5.41, 5.74) is 1.17. The molecule has 0 saturated carbocycles. The Morgan fingerprint density at radius 2 is 0.822 bits per heavy atom. The molecule has 0 heterocycles. The van der Waals surface area contributed by atoms with E-state index in [4.69, 9.17) is 57.4 Å². The van der Waals surface area contributed by atoms with E-state index in [2.05, 4.69) is 62.7 Å². The molecule has 0 fully saturated rings. The summed E-state index contributed by atoms with van der Waals surface area (Å²) in [7, 11) is 2.15. The van der Waals surface area contributed by atoms with E-state index < -0.39 is 15.6 Å². The van der Waals surface area contributed by atoms with E-state index in [1.54, 1.807) is 0 Å². The van der Waals surface area contributed by atoms with Gasteiger partial charge in [-0.25, -0.2) is 0 Å². The molecule has 16 heteroatoms. The summed E-state index contributed by atoms with van der Waals surface area (Å²) in [6.45, 7) is 20.8. The second kappa shape index (κ2) is 33.6. The fraction of sp³-hybridized carbons (Fsp3) is 0.897. The molecule has 0 spiro atoms. The van der Waals surface area contributed by atoms with Crippen molar-refractivity contribution in [2.75, 3.05) is 81.8 Å². The molecule has 0 aromatic heterocycles. The van der Waals surface area contributed by atoms with Crippen LogP contribution in [0.25, 0.3) is 0 Å². The van der Waals surface area contributed by atoms with E-state index in [-0.39, 0.29) is 20.0 Å². The summed E-state index contributed by atoms with van der Waals surface area (Å²) >= 11 is 0. The average molecular weight is 695 g/mol. The fourth-order valence-corrected chi connectivity index (χ4v) is 2.71. The Bertz CT molecular complexity index is 647. The first-order chi connectivity index (χ1) is 19.7. The Labute approximate surface area is 276 Å². The number of ether oxygens (including phenoxy) is 4. The summed E-state index contributed by atoms with van der Waals surface area (Å²) < 4.78 is 41.4. The van der Waals surface area contributed by atoms with Gasteiger partial charge in [-0.1, -0.05) is 45.1 Å². The van der Waals surface area contributed by atoms with Gasteiger partial charge in [0.1, 0.15) is 13.1 Å². The summed E-state index contributed by atoms with van der Waals surface area (Å²) in [5, 5.41) is 0. The second-order valence-electron chi connectivity index (χ2n) is 12.0. The topological polar surface area (TPSA) is 209 Å². The molecule has 0 rings (SSSR count). The van der Waals surface area contributed by atoms with E-state index in [0.29, 0.717) is 0 Å². The standard InChI is InChI=1S/2C12H28NO2.C4H8.C.2H3O4P/c2*1-6-8-9-10-15-12(14-7-2)11-13(3,4)5;1-4(2)3;;2*1-5(2,3)4/h2*12H,6-11H2,1-5H3;1H2,2-3H3;;2*(H3,1,2,3,4)/q2*+1;;+4;;/p-6. The Hall–Kier alpha value is -0.280. The van der Waals surface area contributed by atoms with Crippen molar-refractivity contribution in [3.63, 3.8) is 0 Å². The molecule has 272 valence electrons. The van der Waals surface area contributed by atoms with Gasteiger partial charge in [0.15, 0.2) is 0 Å². The molecule has 0 N–H and O–H groups in total. The van der Waals surface area contributed by atoms with Gasteiger partial charge < -0.3 is 66.4 Å². The van der Waals surface area contributed by atoms with E-state index in [1.807, 2.05) is 27.7 Å². The van der Waals surface area contributed by atoms with Gasteiger partial charge in [0.05, 0.1) is 42.3 Å². The molecule has 0 aliphatic rings. The van der Waals surface area contributed by atoms with Crippen LogP contribution in [0, 0.1) is 7.43 Å². The Balaban J connectivity index is -0.000000118. The molecule has 0 saturated heterocycles. The Kier molecular flexibility index (Phi) is 42.6. The summed E-state index contributed by atoms with van der Waals surface area (Å²) in [6.07, 6.45) is 7.12. The number of nitrogens with zero attached hydrogens (tertiary/aromatic N) is 2. The number of allylic oxidation sites excluding steroid dienone is 1. The van der Waals surface area contributed by atoms with Crippen molar-refractivity contribution in [2.24, 2.45) is 0 Å². The van der Waals surface area contributed by atoms with Crippen LogP contribution in [0.15, 0.2) is 12.2 Å². The molecular formula is C29H64N2O12P2. The van der Waals surface area contributed by atoms with E-state index in [9.17, 15) is 0 Å². The van der Waals surface area contributed by atoms with Crippen LogP contribution in [0.4, 0.5) is 0 Å². The van der Waals surface area contributed by atoms with Gasteiger partial charge >= 0.3 is 7.43 Å². The number of hydrogen-bond acceptors (Lipinski definition) is 12. The van der Waals surface area contributed by atoms with Crippen molar-refractivity contribution in [1.29, 1.82) is 0 Å². The van der Waals surface area contributed by atoms with Crippen molar-refractivity contribution in [2.45, 2.75) is 92.6 Å². The third kappa shape index (κ3) is 99.0. The number of quaternary nitrogens is 2. The average Bonchev–Trinajstić information content (AvgIpc) is 2.76. The molecule has 0 radical (unpaired) electrons. The zero-order valence-electron chi connectivity index (χ0n) is 30.0. The maximum absolute atomic E-state index is 8.55. The number of phosphoric acid groups is 2. The Morgan fingerprint density at radius 1 is 0.600 bits per heavy atom. The minimum absolute atomic E-state index is 0. The zero-order chi connectivity index (χ0) is 36.0. The quantitative estimate of drug-likeness (QED) is 0.0633.